The van der Waals surface area contributed by atoms with Crippen LogP contribution < -0.4 is 9.62 Å². The van der Waals surface area contributed by atoms with Crippen LogP contribution in [0.2, 0.25) is 0 Å². The number of carbonyl (C=O) groups is 2. The summed E-state index contributed by atoms with van der Waals surface area (Å²) in [7, 11) is -3.95. The molecule has 3 rings (SSSR count). The molecule has 0 heterocycles. The largest absolute Gasteiger partial charge is 0.416 e. The maximum Gasteiger partial charge on any atom is 0.416 e. The number of hydrogen-bond donors (Lipinski definition) is 1. The molecular weight excluding hydrogens is 579 g/mol. The highest BCUT2D eigenvalue weighted by molar-refractivity contribution is 7.92. The molecule has 3 aromatic rings. The van der Waals surface area contributed by atoms with Crippen molar-refractivity contribution in [1.29, 1.82) is 0 Å². The van der Waals surface area contributed by atoms with Gasteiger partial charge in [-0.2, -0.15) is 13.2 Å². The molecule has 232 valence electrons. The van der Waals surface area contributed by atoms with Crippen molar-refractivity contribution in [3.8, 4) is 0 Å². The van der Waals surface area contributed by atoms with Crippen LogP contribution in [-0.4, -0.2) is 50.5 Å². The first-order chi connectivity index (χ1) is 20.4. The molecule has 1 atom stereocenters. The van der Waals surface area contributed by atoms with Crippen molar-refractivity contribution in [3.63, 3.8) is 0 Å². The third-order valence-electron chi connectivity index (χ3n) is 6.91. The summed E-state index contributed by atoms with van der Waals surface area (Å²) < 4.78 is 65.9. The molecule has 0 saturated carbocycles. The van der Waals surface area contributed by atoms with Crippen LogP contribution >= 0.6 is 0 Å². The van der Waals surface area contributed by atoms with Crippen LogP contribution in [0.1, 0.15) is 49.3 Å². The van der Waals surface area contributed by atoms with Gasteiger partial charge in [0.2, 0.25) is 21.8 Å². The number of nitrogens with zero attached hydrogens (tertiary/aromatic N) is 2. The molecule has 1 N–H and O–H groups in total. The second-order valence-corrected chi connectivity index (χ2v) is 12.3. The molecule has 0 aromatic heterocycles. The Hall–Kier alpha value is -3.86. The summed E-state index contributed by atoms with van der Waals surface area (Å²) in [5.74, 6) is -0.656. The quantitative estimate of drug-likeness (QED) is 0.218. The average molecular weight is 618 g/mol. The van der Waals surface area contributed by atoms with Crippen molar-refractivity contribution in [2.75, 3.05) is 23.7 Å². The summed E-state index contributed by atoms with van der Waals surface area (Å²) in [6, 6.07) is 21.8. The molecule has 0 aliphatic rings. The Bertz CT molecular complexity index is 1430. The van der Waals surface area contributed by atoms with Crippen molar-refractivity contribution in [2.24, 2.45) is 0 Å². The van der Waals surface area contributed by atoms with Gasteiger partial charge < -0.3 is 10.2 Å². The fraction of sp³-hybridized carbons (Fsp3) is 0.375. The second-order valence-electron chi connectivity index (χ2n) is 10.3. The predicted molar refractivity (Wildman–Crippen MR) is 162 cm³/mol. The van der Waals surface area contributed by atoms with Crippen LogP contribution in [-0.2, 0) is 38.8 Å². The van der Waals surface area contributed by atoms with E-state index in [-0.39, 0.29) is 49.9 Å². The summed E-state index contributed by atoms with van der Waals surface area (Å²) in [6.07, 6.45) is -1.87. The fourth-order valence-electron chi connectivity index (χ4n) is 4.68. The maximum atomic E-state index is 13.8. The van der Waals surface area contributed by atoms with Crippen molar-refractivity contribution < 1.29 is 31.2 Å². The summed E-state index contributed by atoms with van der Waals surface area (Å²) in [4.78, 5) is 28.8. The Morgan fingerprint density at radius 1 is 0.884 bits per heavy atom. The highest BCUT2D eigenvalue weighted by Crippen LogP contribution is 2.32. The number of amides is 2. The molecule has 0 aliphatic heterocycles. The number of alkyl halides is 3. The molecule has 0 fully saturated rings. The van der Waals surface area contributed by atoms with E-state index in [1.54, 1.807) is 0 Å². The summed E-state index contributed by atoms with van der Waals surface area (Å²) >= 11 is 0. The summed E-state index contributed by atoms with van der Waals surface area (Å²) in [5, 5.41) is 2.95. The zero-order chi connectivity index (χ0) is 31.5. The van der Waals surface area contributed by atoms with E-state index in [1.165, 1.54) is 11.0 Å². The average Bonchev–Trinajstić information content (AvgIpc) is 2.97. The van der Waals surface area contributed by atoms with Gasteiger partial charge in [-0.25, -0.2) is 8.42 Å². The highest BCUT2D eigenvalue weighted by Gasteiger charge is 2.32. The fourth-order valence-corrected chi connectivity index (χ4v) is 5.64. The summed E-state index contributed by atoms with van der Waals surface area (Å²) in [6.45, 7) is 2.42. The Morgan fingerprint density at radius 2 is 1.51 bits per heavy atom. The lowest BCUT2D eigenvalue weighted by Crippen LogP contribution is -2.50. The number of rotatable bonds is 15. The second kappa shape index (κ2) is 15.6. The van der Waals surface area contributed by atoms with E-state index >= 15 is 0 Å². The van der Waals surface area contributed by atoms with Gasteiger partial charge in [0, 0.05) is 32.5 Å². The first-order valence-electron chi connectivity index (χ1n) is 14.2. The monoisotopic (exact) mass is 617 g/mol. The number of unbranched alkanes of at least 4 members (excludes halogenated alkanes) is 1. The zero-order valence-corrected chi connectivity index (χ0v) is 25.2. The standard InChI is InChI=1S/C32H38F3N3O4S/c1-3-4-20-36-31(40)29(22-25-13-7-5-8-14-25)37(24-26-15-9-6-10-16-26)30(39)19-12-21-38(43(2,41)42)28-18-11-17-27(23-28)32(33,34)35/h5-11,13-18,23,29H,3-4,12,19-22,24H2,1-2H3,(H,36,40). The van der Waals surface area contributed by atoms with Crippen LogP contribution in [0.15, 0.2) is 84.9 Å². The predicted octanol–water partition coefficient (Wildman–Crippen LogP) is 5.81. The number of anilines is 1. The lowest BCUT2D eigenvalue weighted by molar-refractivity contribution is -0.141. The van der Waals surface area contributed by atoms with Crippen LogP contribution in [0.25, 0.3) is 0 Å². The minimum Gasteiger partial charge on any atom is -0.354 e. The van der Waals surface area contributed by atoms with E-state index in [9.17, 15) is 31.2 Å². The minimum atomic E-state index is -4.64. The minimum absolute atomic E-state index is 0.0307. The topological polar surface area (TPSA) is 86.8 Å². The molecule has 0 aliphatic carbocycles. The van der Waals surface area contributed by atoms with Gasteiger partial charge in [0.15, 0.2) is 0 Å². The van der Waals surface area contributed by atoms with Gasteiger partial charge in [-0.1, -0.05) is 80.1 Å². The van der Waals surface area contributed by atoms with Crippen LogP contribution in [0, 0.1) is 0 Å². The molecule has 0 bridgehead atoms. The first kappa shape index (κ1) is 33.6. The van der Waals surface area contributed by atoms with Crippen molar-refractivity contribution >= 4 is 27.5 Å². The normalized spacial score (nSPS) is 12.4. The molecule has 3 aromatic carbocycles. The lowest BCUT2D eigenvalue weighted by atomic mass is 10.0. The van der Waals surface area contributed by atoms with Crippen molar-refractivity contribution in [2.45, 2.75) is 57.8 Å². The number of carbonyl (C=O) groups excluding carboxylic acids is 2. The molecule has 1 unspecified atom stereocenters. The number of sulfonamides is 1. The van der Waals surface area contributed by atoms with Crippen molar-refractivity contribution in [1.82, 2.24) is 10.2 Å². The van der Waals surface area contributed by atoms with E-state index in [1.807, 2.05) is 67.6 Å². The Kier molecular flexibility index (Phi) is 12.2. The molecule has 2 amide bonds. The van der Waals surface area contributed by atoms with Gasteiger partial charge in [-0.3, -0.25) is 13.9 Å². The Balaban J connectivity index is 1.86. The Morgan fingerprint density at radius 3 is 2.09 bits per heavy atom. The van der Waals surface area contributed by atoms with Crippen LogP contribution in [0.3, 0.4) is 0 Å². The van der Waals surface area contributed by atoms with E-state index < -0.39 is 27.8 Å². The molecule has 0 saturated heterocycles. The van der Waals surface area contributed by atoms with Crippen LogP contribution in [0.4, 0.5) is 18.9 Å². The lowest BCUT2D eigenvalue weighted by Gasteiger charge is -2.32. The van der Waals surface area contributed by atoms with Gasteiger partial charge in [-0.15, -0.1) is 0 Å². The van der Waals surface area contributed by atoms with E-state index in [0.717, 1.165) is 52.7 Å². The summed E-state index contributed by atoms with van der Waals surface area (Å²) in [5.41, 5.74) is 0.582. The first-order valence-corrected chi connectivity index (χ1v) is 16.0. The molecule has 0 radical (unpaired) electrons. The zero-order valence-electron chi connectivity index (χ0n) is 24.4. The maximum absolute atomic E-state index is 13.8. The van der Waals surface area contributed by atoms with Gasteiger partial charge in [0.25, 0.3) is 0 Å². The molecule has 7 nitrogen and oxygen atoms in total. The number of halogens is 3. The highest BCUT2D eigenvalue weighted by atomic mass is 32.2. The third kappa shape index (κ3) is 10.4. The van der Waals surface area contributed by atoms with Gasteiger partial charge >= 0.3 is 6.18 Å². The van der Waals surface area contributed by atoms with Gasteiger partial charge in [0.05, 0.1) is 17.5 Å². The third-order valence-corrected chi connectivity index (χ3v) is 8.10. The smallest absolute Gasteiger partial charge is 0.354 e. The molecule has 11 heteroatoms. The molecule has 43 heavy (non-hydrogen) atoms. The Labute approximate surface area is 251 Å². The van der Waals surface area contributed by atoms with Crippen LogP contribution in [0.5, 0.6) is 0 Å². The molecule has 0 spiro atoms. The van der Waals surface area contributed by atoms with E-state index in [2.05, 4.69) is 5.32 Å². The van der Waals surface area contributed by atoms with Gasteiger partial charge in [-0.05, 0) is 42.2 Å². The number of benzene rings is 3. The number of hydrogen-bond acceptors (Lipinski definition) is 4. The SMILES string of the molecule is CCCCNC(=O)C(Cc1ccccc1)N(Cc1ccccc1)C(=O)CCCN(c1cccc(C(F)(F)F)c1)S(C)(=O)=O. The molecular formula is C32H38F3N3O4S. The van der Waals surface area contributed by atoms with E-state index in [4.69, 9.17) is 0 Å². The van der Waals surface area contributed by atoms with Gasteiger partial charge in [0.1, 0.15) is 6.04 Å². The van der Waals surface area contributed by atoms with Crippen molar-refractivity contribution in [3.05, 3.63) is 102 Å². The number of nitrogens with one attached hydrogen (secondary N) is 1. The van der Waals surface area contributed by atoms with E-state index in [0.29, 0.717) is 6.54 Å².